The number of nitrogens with one attached hydrogen (secondary N) is 1. The molecule has 146 valence electrons. The predicted molar refractivity (Wildman–Crippen MR) is 89.8 cm³/mol. The molecule has 1 aromatic carbocycles. The van der Waals surface area contributed by atoms with Crippen molar-refractivity contribution >= 4 is 16.0 Å². The first-order chi connectivity index (χ1) is 12.9. The lowest BCUT2D eigenvalue weighted by molar-refractivity contribution is 0.122. The average Bonchev–Trinajstić information content (AvgIpc) is 2.68. The van der Waals surface area contributed by atoms with Crippen LogP contribution in [0.5, 0.6) is 6.01 Å². The van der Waals surface area contributed by atoms with Crippen molar-refractivity contribution in [2.24, 2.45) is 0 Å². The molecule has 0 bridgehead atoms. The highest BCUT2D eigenvalue weighted by Crippen LogP contribution is 2.17. The number of sulfonamides is 1. The summed E-state index contributed by atoms with van der Waals surface area (Å²) >= 11 is 0. The highest BCUT2D eigenvalue weighted by Gasteiger charge is 2.22. The van der Waals surface area contributed by atoms with Gasteiger partial charge in [0.15, 0.2) is 5.82 Å². The fourth-order valence-electron chi connectivity index (χ4n) is 2.38. The molecule has 27 heavy (non-hydrogen) atoms. The maximum Gasteiger partial charge on any atom is 0.321 e. The Morgan fingerprint density at radius 2 is 1.96 bits per heavy atom. The van der Waals surface area contributed by atoms with E-state index >= 15 is 0 Å². The molecule has 0 amide bonds. The number of ether oxygens (including phenoxy) is 2. The van der Waals surface area contributed by atoms with Crippen molar-refractivity contribution in [1.29, 1.82) is 0 Å². The number of benzene rings is 1. The van der Waals surface area contributed by atoms with Crippen LogP contribution >= 0.6 is 0 Å². The second-order valence-corrected chi connectivity index (χ2v) is 7.27. The third-order valence-corrected chi connectivity index (χ3v) is 5.15. The molecule has 0 radical (unpaired) electrons. The number of halogens is 2. The molecule has 1 saturated heterocycles. The number of morpholine rings is 1. The Labute approximate surface area is 154 Å². The lowest BCUT2D eigenvalue weighted by atomic mass is 10.3. The van der Waals surface area contributed by atoms with Gasteiger partial charge in [-0.2, -0.15) is 15.0 Å². The minimum absolute atomic E-state index is 0.0117. The standard InChI is InChI=1S/C15H17F2N5O4S/c1-25-15-20-13(19-14(21-15)22-4-6-26-7-5-22)9-18-27(23,24)12-8-10(16)2-3-11(12)17/h2-3,8,18H,4-7,9H2,1H3. The fraction of sp³-hybridized carbons (Fsp3) is 0.400. The van der Waals surface area contributed by atoms with Gasteiger partial charge in [0.2, 0.25) is 16.0 Å². The van der Waals surface area contributed by atoms with Crippen LogP contribution in [0.3, 0.4) is 0 Å². The third kappa shape index (κ3) is 4.64. The maximum atomic E-state index is 13.8. The number of nitrogens with zero attached hydrogens (tertiary/aromatic N) is 4. The Balaban J connectivity index is 1.81. The van der Waals surface area contributed by atoms with Gasteiger partial charge < -0.3 is 14.4 Å². The highest BCUT2D eigenvalue weighted by atomic mass is 32.2. The van der Waals surface area contributed by atoms with Gasteiger partial charge in [0, 0.05) is 13.1 Å². The number of hydrogen-bond acceptors (Lipinski definition) is 8. The van der Waals surface area contributed by atoms with E-state index in [4.69, 9.17) is 9.47 Å². The minimum Gasteiger partial charge on any atom is -0.467 e. The molecule has 0 aliphatic carbocycles. The van der Waals surface area contributed by atoms with Gasteiger partial charge in [0.25, 0.3) is 0 Å². The Hall–Kier alpha value is -2.44. The average molecular weight is 401 g/mol. The molecule has 1 aliphatic rings. The topological polar surface area (TPSA) is 107 Å². The first-order valence-electron chi connectivity index (χ1n) is 7.95. The Bertz CT molecular complexity index is 922. The van der Waals surface area contributed by atoms with Gasteiger partial charge in [0.1, 0.15) is 16.5 Å². The van der Waals surface area contributed by atoms with E-state index in [1.54, 1.807) is 0 Å². The van der Waals surface area contributed by atoms with Crippen LogP contribution in [-0.2, 0) is 21.3 Å². The number of rotatable bonds is 6. The minimum atomic E-state index is -4.31. The van der Waals surface area contributed by atoms with E-state index in [1.807, 2.05) is 4.90 Å². The zero-order valence-corrected chi connectivity index (χ0v) is 15.2. The zero-order chi connectivity index (χ0) is 19.4. The molecular weight excluding hydrogens is 384 g/mol. The van der Waals surface area contributed by atoms with Crippen molar-refractivity contribution in [3.8, 4) is 6.01 Å². The molecule has 1 aliphatic heterocycles. The molecule has 1 fully saturated rings. The largest absolute Gasteiger partial charge is 0.467 e. The zero-order valence-electron chi connectivity index (χ0n) is 14.4. The monoisotopic (exact) mass is 401 g/mol. The van der Waals surface area contributed by atoms with Gasteiger partial charge in [-0.3, -0.25) is 0 Å². The van der Waals surface area contributed by atoms with Crippen LogP contribution in [0.4, 0.5) is 14.7 Å². The van der Waals surface area contributed by atoms with E-state index in [1.165, 1.54) is 7.11 Å². The van der Waals surface area contributed by atoms with Crippen molar-refractivity contribution in [2.75, 3.05) is 38.3 Å². The normalized spacial score (nSPS) is 15.0. The third-order valence-electron chi connectivity index (χ3n) is 3.73. The summed E-state index contributed by atoms with van der Waals surface area (Å²) in [6.45, 7) is 1.79. The molecule has 0 spiro atoms. The number of methoxy groups -OCH3 is 1. The quantitative estimate of drug-likeness (QED) is 0.745. The summed E-state index contributed by atoms with van der Waals surface area (Å²) in [6.07, 6.45) is 0. The van der Waals surface area contributed by atoms with Crippen molar-refractivity contribution in [3.63, 3.8) is 0 Å². The molecule has 9 nitrogen and oxygen atoms in total. The Morgan fingerprint density at radius 3 is 2.67 bits per heavy atom. The second kappa shape index (κ2) is 8.06. The van der Waals surface area contributed by atoms with Crippen LogP contribution in [0.2, 0.25) is 0 Å². The molecule has 2 aromatic rings. The van der Waals surface area contributed by atoms with Crippen molar-refractivity contribution in [3.05, 3.63) is 35.7 Å². The van der Waals surface area contributed by atoms with Crippen LogP contribution in [0, 0.1) is 11.6 Å². The fourth-order valence-corrected chi connectivity index (χ4v) is 3.45. The van der Waals surface area contributed by atoms with E-state index < -0.39 is 26.6 Å². The molecule has 1 N–H and O–H groups in total. The van der Waals surface area contributed by atoms with E-state index in [-0.39, 0.29) is 18.4 Å². The van der Waals surface area contributed by atoms with Gasteiger partial charge in [-0.05, 0) is 18.2 Å². The molecule has 0 atom stereocenters. The first kappa shape index (κ1) is 19.3. The molecule has 2 heterocycles. The molecule has 0 saturated carbocycles. The summed E-state index contributed by atoms with van der Waals surface area (Å²) < 4.78 is 64.0. The summed E-state index contributed by atoms with van der Waals surface area (Å²) in [4.78, 5) is 13.4. The van der Waals surface area contributed by atoms with E-state index in [2.05, 4.69) is 19.7 Å². The highest BCUT2D eigenvalue weighted by molar-refractivity contribution is 7.89. The summed E-state index contributed by atoms with van der Waals surface area (Å²) in [6, 6.07) is 2.19. The summed E-state index contributed by atoms with van der Waals surface area (Å²) in [7, 11) is -2.94. The van der Waals surface area contributed by atoms with Gasteiger partial charge in [0.05, 0.1) is 26.9 Å². The van der Waals surface area contributed by atoms with Crippen LogP contribution in [0.25, 0.3) is 0 Å². The van der Waals surface area contributed by atoms with Gasteiger partial charge in [-0.25, -0.2) is 21.9 Å². The van der Waals surface area contributed by atoms with Crippen LogP contribution in [0.15, 0.2) is 23.1 Å². The molecule has 1 aromatic heterocycles. The predicted octanol–water partition coefficient (Wildman–Crippen LogP) is 0.473. The smallest absolute Gasteiger partial charge is 0.321 e. The number of aromatic nitrogens is 3. The number of anilines is 1. The Morgan fingerprint density at radius 1 is 1.22 bits per heavy atom. The van der Waals surface area contributed by atoms with E-state index in [9.17, 15) is 17.2 Å². The second-order valence-electron chi connectivity index (χ2n) is 5.54. The van der Waals surface area contributed by atoms with Crippen molar-refractivity contribution in [2.45, 2.75) is 11.4 Å². The first-order valence-corrected chi connectivity index (χ1v) is 9.44. The van der Waals surface area contributed by atoms with Crippen LogP contribution < -0.4 is 14.4 Å². The lowest BCUT2D eigenvalue weighted by Gasteiger charge is -2.26. The molecule has 12 heteroatoms. The van der Waals surface area contributed by atoms with E-state index in [0.717, 1.165) is 12.1 Å². The van der Waals surface area contributed by atoms with Crippen molar-refractivity contribution < 1.29 is 26.7 Å². The number of hydrogen-bond donors (Lipinski definition) is 1. The Kier molecular flexibility index (Phi) is 5.77. The molecule has 0 unspecified atom stereocenters. The van der Waals surface area contributed by atoms with Gasteiger partial charge >= 0.3 is 6.01 Å². The molecular formula is C15H17F2N5O4S. The van der Waals surface area contributed by atoms with Crippen LogP contribution in [0.1, 0.15) is 5.82 Å². The van der Waals surface area contributed by atoms with Crippen LogP contribution in [-0.4, -0.2) is 56.8 Å². The SMILES string of the molecule is COc1nc(CNS(=O)(=O)c2cc(F)ccc2F)nc(N2CCOCC2)n1. The summed E-state index contributed by atoms with van der Waals surface area (Å²) in [5.74, 6) is -1.54. The molecule has 3 rings (SSSR count). The van der Waals surface area contributed by atoms with Gasteiger partial charge in [-0.1, -0.05) is 0 Å². The summed E-state index contributed by atoms with van der Waals surface area (Å²) in [5, 5.41) is 0. The lowest BCUT2D eigenvalue weighted by Crippen LogP contribution is -2.37. The maximum absolute atomic E-state index is 13.8. The summed E-state index contributed by atoms with van der Waals surface area (Å²) in [5.41, 5.74) is 0. The van der Waals surface area contributed by atoms with Gasteiger partial charge in [-0.15, -0.1) is 0 Å². The van der Waals surface area contributed by atoms with E-state index in [0.29, 0.717) is 38.3 Å². The van der Waals surface area contributed by atoms with Crippen molar-refractivity contribution in [1.82, 2.24) is 19.7 Å².